The Kier molecular flexibility index (Phi) is 4.24. The Labute approximate surface area is 104 Å². The van der Waals surface area contributed by atoms with E-state index in [1.165, 1.54) is 38.9 Å². The summed E-state index contributed by atoms with van der Waals surface area (Å²) in [4.78, 5) is 2.40. The van der Waals surface area contributed by atoms with Crippen LogP contribution in [0.5, 0.6) is 0 Å². The predicted molar refractivity (Wildman–Crippen MR) is 69.9 cm³/mol. The molecule has 1 aromatic heterocycles. The standard InChI is InChI=1S/C14H24N2O/c1-3-14(6-8-15-9-7-14)12-16(2)11-13-5-4-10-17-13/h4-5,10,15H,3,6-9,11-12H2,1-2H3. The molecule has 1 aromatic rings. The highest BCUT2D eigenvalue weighted by atomic mass is 16.3. The maximum atomic E-state index is 5.41. The lowest BCUT2D eigenvalue weighted by Gasteiger charge is -2.39. The summed E-state index contributed by atoms with van der Waals surface area (Å²) in [6.45, 7) is 6.75. The molecule has 1 fully saturated rings. The van der Waals surface area contributed by atoms with Gasteiger partial charge in [-0.2, -0.15) is 0 Å². The van der Waals surface area contributed by atoms with E-state index >= 15 is 0 Å². The van der Waals surface area contributed by atoms with Crippen LogP contribution in [-0.4, -0.2) is 31.6 Å². The van der Waals surface area contributed by atoms with Gasteiger partial charge in [0.25, 0.3) is 0 Å². The second-order valence-corrected chi connectivity index (χ2v) is 5.36. The molecule has 1 saturated heterocycles. The van der Waals surface area contributed by atoms with E-state index in [-0.39, 0.29) is 0 Å². The Morgan fingerprint density at radius 3 is 2.76 bits per heavy atom. The first-order chi connectivity index (χ1) is 8.24. The molecule has 0 aromatic carbocycles. The monoisotopic (exact) mass is 236 g/mol. The fourth-order valence-corrected chi connectivity index (χ4v) is 2.88. The van der Waals surface area contributed by atoms with Gasteiger partial charge in [0.05, 0.1) is 12.8 Å². The molecule has 0 radical (unpaired) electrons. The Bertz CT molecular complexity index is 315. The van der Waals surface area contributed by atoms with Crippen LogP contribution in [0.2, 0.25) is 0 Å². The van der Waals surface area contributed by atoms with Gasteiger partial charge in [-0.1, -0.05) is 6.92 Å². The third-order valence-corrected chi connectivity index (χ3v) is 4.03. The highest BCUT2D eigenvalue weighted by Gasteiger charge is 2.31. The number of piperidine rings is 1. The molecular weight excluding hydrogens is 212 g/mol. The molecular formula is C14H24N2O. The lowest BCUT2D eigenvalue weighted by molar-refractivity contribution is 0.115. The predicted octanol–water partition coefficient (Wildman–Crippen LogP) is 2.49. The Morgan fingerprint density at radius 1 is 1.41 bits per heavy atom. The second-order valence-electron chi connectivity index (χ2n) is 5.36. The third kappa shape index (κ3) is 3.33. The molecule has 96 valence electrons. The molecule has 0 atom stereocenters. The SMILES string of the molecule is CCC1(CN(C)Cc2ccco2)CCNCC1. The Morgan fingerprint density at radius 2 is 2.18 bits per heavy atom. The highest BCUT2D eigenvalue weighted by Crippen LogP contribution is 2.33. The minimum Gasteiger partial charge on any atom is -0.468 e. The molecule has 2 rings (SSSR count). The minimum atomic E-state index is 0.507. The van der Waals surface area contributed by atoms with E-state index < -0.39 is 0 Å². The van der Waals surface area contributed by atoms with Gasteiger partial charge in [0.1, 0.15) is 5.76 Å². The van der Waals surface area contributed by atoms with Gasteiger partial charge < -0.3 is 9.73 Å². The average molecular weight is 236 g/mol. The summed E-state index contributed by atoms with van der Waals surface area (Å²) in [5, 5.41) is 3.46. The van der Waals surface area contributed by atoms with Crippen LogP contribution in [0.1, 0.15) is 31.9 Å². The maximum Gasteiger partial charge on any atom is 0.117 e. The molecule has 0 spiro atoms. The van der Waals surface area contributed by atoms with E-state index in [4.69, 9.17) is 4.42 Å². The van der Waals surface area contributed by atoms with E-state index in [0.29, 0.717) is 5.41 Å². The largest absolute Gasteiger partial charge is 0.468 e. The molecule has 1 N–H and O–H groups in total. The van der Waals surface area contributed by atoms with Gasteiger partial charge >= 0.3 is 0 Å². The molecule has 2 heterocycles. The smallest absolute Gasteiger partial charge is 0.117 e. The highest BCUT2D eigenvalue weighted by molar-refractivity contribution is 4.98. The van der Waals surface area contributed by atoms with Crippen LogP contribution >= 0.6 is 0 Å². The van der Waals surface area contributed by atoms with Crippen molar-refractivity contribution in [1.29, 1.82) is 0 Å². The molecule has 3 nitrogen and oxygen atoms in total. The number of hydrogen-bond acceptors (Lipinski definition) is 3. The van der Waals surface area contributed by atoms with Gasteiger partial charge in [-0.05, 0) is 56.9 Å². The van der Waals surface area contributed by atoms with Crippen LogP contribution in [-0.2, 0) is 6.54 Å². The molecule has 0 unspecified atom stereocenters. The minimum absolute atomic E-state index is 0.507. The van der Waals surface area contributed by atoms with E-state index in [1.807, 2.05) is 6.07 Å². The first-order valence-electron chi connectivity index (χ1n) is 6.66. The van der Waals surface area contributed by atoms with Crippen LogP contribution < -0.4 is 5.32 Å². The van der Waals surface area contributed by atoms with Crippen molar-refractivity contribution >= 4 is 0 Å². The maximum absolute atomic E-state index is 5.41. The van der Waals surface area contributed by atoms with Crippen molar-refractivity contribution in [3.63, 3.8) is 0 Å². The van der Waals surface area contributed by atoms with Crippen molar-refractivity contribution in [2.75, 3.05) is 26.7 Å². The van der Waals surface area contributed by atoms with Gasteiger partial charge in [-0.15, -0.1) is 0 Å². The first kappa shape index (κ1) is 12.7. The molecule has 0 bridgehead atoms. The van der Waals surface area contributed by atoms with Crippen LogP contribution in [0.25, 0.3) is 0 Å². The zero-order chi connectivity index (χ0) is 12.1. The van der Waals surface area contributed by atoms with Gasteiger partial charge in [0, 0.05) is 6.54 Å². The second kappa shape index (κ2) is 5.69. The summed E-state index contributed by atoms with van der Waals surface area (Å²) in [6.07, 6.45) is 5.62. The zero-order valence-corrected chi connectivity index (χ0v) is 11.0. The van der Waals surface area contributed by atoms with Crippen molar-refractivity contribution in [2.24, 2.45) is 5.41 Å². The number of nitrogens with zero attached hydrogens (tertiary/aromatic N) is 1. The molecule has 1 aliphatic heterocycles. The zero-order valence-electron chi connectivity index (χ0n) is 11.0. The van der Waals surface area contributed by atoms with E-state index in [9.17, 15) is 0 Å². The molecule has 17 heavy (non-hydrogen) atoms. The summed E-state index contributed by atoms with van der Waals surface area (Å²) in [5.41, 5.74) is 0.507. The van der Waals surface area contributed by atoms with Crippen LogP contribution in [0, 0.1) is 5.41 Å². The van der Waals surface area contributed by atoms with Gasteiger partial charge in [-0.3, -0.25) is 4.90 Å². The van der Waals surface area contributed by atoms with Crippen molar-refractivity contribution in [3.05, 3.63) is 24.2 Å². The van der Waals surface area contributed by atoms with E-state index in [1.54, 1.807) is 6.26 Å². The number of rotatable bonds is 5. The lowest BCUT2D eigenvalue weighted by atomic mass is 9.76. The molecule has 3 heteroatoms. The van der Waals surface area contributed by atoms with E-state index in [0.717, 1.165) is 12.3 Å². The van der Waals surface area contributed by atoms with Gasteiger partial charge in [-0.25, -0.2) is 0 Å². The summed E-state index contributed by atoms with van der Waals surface area (Å²) in [5.74, 6) is 1.06. The summed E-state index contributed by atoms with van der Waals surface area (Å²) in [7, 11) is 2.20. The molecule has 0 amide bonds. The van der Waals surface area contributed by atoms with Gasteiger partial charge in [0.2, 0.25) is 0 Å². The van der Waals surface area contributed by atoms with Crippen molar-refractivity contribution in [3.8, 4) is 0 Å². The molecule has 0 saturated carbocycles. The quantitative estimate of drug-likeness (QED) is 0.851. The first-order valence-corrected chi connectivity index (χ1v) is 6.66. The summed E-state index contributed by atoms with van der Waals surface area (Å²) >= 11 is 0. The lowest BCUT2D eigenvalue weighted by Crippen LogP contribution is -2.43. The van der Waals surface area contributed by atoms with Crippen LogP contribution in [0.15, 0.2) is 22.8 Å². The van der Waals surface area contributed by atoms with Crippen LogP contribution in [0.4, 0.5) is 0 Å². The van der Waals surface area contributed by atoms with Crippen molar-refractivity contribution in [2.45, 2.75) is 32.7 Å². The fourth-order valence-electron chi connectivity index (χ4n) is 2.88. The fraction of sp³-hybridized carbons (Fsp3) is 0.714. The third-order valence-electron chi connectivity index (χ3n) is 4.03. The number of nitrogens with one attached hydrogen (secondary N) is 1. The topological polar surface area (TPSA) is 28.4 Å². The van der Waals surface area contributed by atoms with Crippen molar-refractivity contribution in [1.82, 2.24) is 10.2 Å². The molecule has 1 aliphatic rings. The van der Waals surface area contributed by atoms with Gasteiger partial charge in [0.15, 0.2) is 0 Å². The molecule has 0 aliphatic carbocycles. The van der Waals surface area contributed by atoms with Crippen LogP contribution in [0.3, 0.4) is 0 Å². The summed E-state index contributed by atoms with van der Waals surface area (Å²) < 4.78 is 5.41. The number of furan rings is 1. The normalized spacial score (nSPS) is 19.7. The Balaban J connectivity index is 1.89. The van der Waals surface area contributed by atoms with E-state index in [2.05, 4.69) is 30.3 Å². The van der Waals surface area contributed by atoms with Crippen molar-refractivity contribution < 1.29 is 4.42 Å². The Hall–Kier alpha value is -0.800. The number of hydrogen-bond donors (Lipinski definition) is 1. The summed E-state index contributed by atoms with van der Waals surface area (Å²) in [6, 6.07) is 4.01. The average Bonchev–Trinajstić information content (AvgIpc) is 2.83.